The van der Waals surface area contributed by atoms with E-state index in [4.69, 9.17) is 4.74 Å². The molecular weight excluding hydrogens is 324 g/mol. The van der Waals surface area contributed by atoms with Crippen molar-refractivity contribution in [3.8, 4) is 5.75 Å². The summed E-state index contributed by atoms with van der Waals surface area (Å²) in [4.78, 5) is 14.0. The van der Waals surface area contributed by atoms with Crippen LogP contribution in [0, 0.1) is 5.92 Å². The summed E-state index contributed by atoms with van der Waals surface area (Å²) < 4.78 is 5.15. The molecule has 0 aliphatic carbocycles. The second-order valence-electron chi connectivity index (χ2n) is 7.23. The summed E-state index contributed by atoms with van der Waals surface area (Å²) in [6.45, 7) is 4.16. The lowest BCUT2D eigenvalue weighted by atomic mass is 9.89. The fourth-order valence-corrected chi connectivity index (χ4v) is 3.74. The van der Waals surface area contributed by atoms with Gasteiger partial charge in [-0.05, 0) is 61.9 Å². The van der Waals surface area contributed by atoms with Crippen molar-refractivity contribution < 1.29 is 14.4 Å². The van der Waals surface area contributed by atoms with E-state index >= 15 is 0 Å². The quantitative estimate of drug-likeness (QED) is 0.838. The van der Waals surface area contributed by atoms with Gasteiger partial charge in [0.2, 0.25) is 0 Å². The molecule has 1 aliphatic heterocycles. The Kier molecular flexibility index (Phi) is 6.29. The highest BCUT2D eigenvalue weighted by Gasteiger charge is 2.30. The first-order valence-corrected chi connectivity index (χ1v) is 9.49. The summed E-state index contributed by atoms with van der Waals surface area (Å²) >= 11 is 0. The highest BCUT2D eigenvalue weighted by Crippen LogP contribution is 2.17. The summed E-state index contributed by atoms with van der Waals surface area (Å²) in [7, 11) is 1.64. The normalized spacial score (nSPS) is 21.0. The molecule has 4 heteroatoms. The number of piperidine rings is 1. The summed E-state index contributed by atoms with van der Waals surface area (Å²) in [5.41, 5.74) is 2.24. The molecule has 1 fully saturated rings. The van der Waals surface area contributed by atoms with Gasteiger partial charge in [-0.2, -0.15) is 0 Å². The molecule has 0 bridgehead atoms. The third kappa shape index (κ3) is 4.85. The highest BCUT2D eigenvalue weighted by molar-refractivity contribution is 5.93. The van der Waals surface area contributed by atoms with Crippen molar-refractivity contribution in [3.05, 3.63) is 60.2 Å². The number of hydrogen-bond donors (Lipinski definition) is 2. The maximum Gasteiger partial charge on any atom is 0.282 e. The number of nitrogens with one attached hydrogen (secondary N) is 2. The first-order valence-electron chi connectivity index (χ1n) is 9.49. The molecule has 0 spiro atoms. The Morgan fingerprint density at radius 1 is 1.12 bits per heavy atom. The summed E-state index contributed by atoms with van der Waals surface area (Å²) in [6.07, 6.45) is 3.52. The average molecular weight is 353 g/mol. The molecule has 2 aromatic rings. The van der Waals surface area contributed by atoms with Crippen molar-refractivity contribution in [2.24, 2.45) is 5.92 Å². The Hall–Kier alpha value is -2.33. The lowest BCUT2D eigenvalue weighted by Gasteiger charge is -2.32. The zero-order valence-corrected chi connectivity index (χ0v) is 15.7. The minimum Gasteiger partial charge on any atom is -0.497 e. The van der Waals surface area contributed by atoms with E-state index < -0.39 is 0 Å². The lowest BCUT2D eigenvalue weighted by Crippen LogP contribution is -3.17. The smallest absolute Gasteiger partial charge is 0.282 e. The number of methoxy groups -OCH3 is 1. The van der Waals surface area contributed by atoms with Gasteiger partial charge >= 0.3 is 0 Å². The van der Waals surface area contributed by atoms with E-state index in [1.165, 1.54) is 23.3 Å². The molecule has 2 aromatic carbocycles. The van der Waals surface area contributed by atoms with E-state index in [1.807, 2.05) is 31.2 Å². The second-order valence-corrected chi connectivity index (χ2v) is 7.23. The summed E-state index contributed by atoms with van der Waals surface area (Å²) in [5.74, 6) is 1.62. The number of quaternary nitrogens is 1. The Bertz CT molecular complexity index is 692. The first-order chi connectivity index (χ1) is 12.7. The van der Waals surface area contributed by atoms with Crippen LogP contribution in [0.5, 0.6) is 5.75 Å². The number of carbonyl (C=O) groups is 1. The van der Waals surface area contributed by atoms with Gasteiger partial charge in [0.1, 0.15) is 5.75 Å². The third-order valence-electron chi connectivity index (χ3n) is 5.48. The zero-order chi connectivity index (χ0) is 18.4. The predicted molar refractivity (Wildman–Crippen MR) is 105 cm³/mol. The molecule has 2 N–H and O–H groups in total. The van der Waals surface area contributed by atoms with Crippen LogP contribution in [0.4, 0.5) is 5.69 Å². The van der Waals surface area contributed by atoms with E-state index in [0.29, 0.717) is 0 Å². The van der Waals surface area contributed by atoms with Crippen LogP contribution in [0.1, 0.15) is 25.3 Å². The van der Waals surface area contributed by atoms with Crippen LogP contribution in [0.15, 0.2) is 54.6 Å². The average Bonchev–Trinajstić information content (AvgIpc) is 2.69. The summed E-state index contributed by atoms with van der Waals surface area (Å²) in [5, 5.41) is 3.03. The molecular formula is C22H29N2O2+. The van der Waals surface area contributed by atoms with Gasteiger partial charge in [-0.15, -0.1) is 0 Å². The number of carbonyl (C=O) groups excluding carboxylic acids is 1. The fraction of sp³-hybridized carbons (Fsp3) is 0.409. The maximum absolute atomic E-state index is 12.6. The Labute approximate surface area is 156 Å². The van der Waals surface area contributed by atoms with E-state index in [0.717, 1.165) is 36.9 Å². The van der Waals surface area contributed by atoms with Gasteiger partial charge in [0.15, 0.2) is 6.04 Å². The molecule has 0 unspecified atom stereocenters. The third-order valence-corrected chi connectivity index (χ3v) is 5.48. The van der Waals surface area contributed by atoms with Gasteiger partial charge in [-0.25, -0.2) is 0 Å². The van der Waals surface area contributed by atoms with E-state index in [2.05, 4.69) is 35.6 Å². The van der Waals surface area contributed by atoms with E-state index in [9.17, 15) is 4.79 Å². The van der Waals surface area contributed by atoms with E-state index in [1.54, 1.807) is 7.11 Å². The molecule has 138 valence electrons. The molecule has 26 heavy (non-hydrogen) atoms. The van der Waals surface area contributed by atoms with Crippen molar-refractivity contribution in [2.75, 3.05) is 25.5 Å². The van der Waals surface area contributed by atoms with Crippen molar-refractivity contribution in [1.82, 2.24) is 0 Å². The molecule has 0 radical (unpaired) electrons. The largest absolute Gasteiger partial charge is 0.497 e. The number of benzene rings is 2. The predicted octanol–water partition coefficient (Wildman–Crippen LogP) is 2.56. The molecule has 1 atom stereocenters. The standard InChI is InChI=1S/C22H28N2O2/c1-17(22(25)23-20-8-10-21(26-2)11-9-20)24-14-12-19(13-15-24)16-18-6-4-3-5-7-18/h3-11,17,19H,12-16H2,1-2H3,(H,23,25)/p+1/t17-/m1/s1. The summed E-state index contributed by atoms with van der Waals surface area (Å²) in [6, 6.07) is 18.2. The van der Waals surface area contributed by atoms with Crippen LogP contribution in [0.25, 0.3) is 0 Å². The number of amides is 1. The SMILES string of the molecule is COc1ccc(NC(=O)[C@@H](C)[NH+]2CCC(Cc3ccccc3)CC2)cc1. The Morgan fingerprint density at radius 2 is 1.77 bits per heavy atom. The molecule has 4 nitrogen and oxygen atoms in total. The Morgan fingerprint density at radius 3 is 2.38 bits per heavy atom. The van der Waals surface area contributed by atoms with Crippen LogP contribution in [-0.4, -0.2) is 32.1 Å². The molecule has 3 rings (SSSR count). The van der Waals surface area contributed by atoms with Gasteiger partial charge in [-0.3, -0.25) is 4.79 Å². The Balaban J connectivity index is 1.47. The zero-order valence-electron chi connectivity index (χ0n) is 15.7. The van der Waals surface area contributed by atoms with Crippen LogP contribution in [0.2, 0.25) is 0 Å². The van der Waals surface area contributed by atoms with Crippen LogP contribution in [0.3, 0.4) is 0 Å². The van der Waals surface area contributed by atoms with Crippen LogP contribution >= 0.6 is 0 Å². The number of anilines is 1. The fourth-order valence-electron chi connectivity index (χ4n) is 3.74. The number of rotatable bonds is 6. The lowest BCUT2D eigenvalue weighted by molar-refractivity contribution is -0.919. The second kappa shape index (κ2) is 8.86. The number of ether oxygens (including phenoxy) is 1. The molecule has 1 heterocycles. The molecule has 1 amide bonds. The van der Waals surface area contributed by atoms with Gasteiger partial charge in [0, 0.05) is 5.69 Å². The van der Waals surface area contributed by atoms with Gasteiger partial charge in [-0.1, -0.05) is 30.3 Å². The number of likely N-dealkylation sites (tertiary alicyclic amines) is 1. The van der Waals surface area contributed by atoms with Crippen molar-refractivity contribution >= 4 is 11.6 Å². The molecule has 1 saturated heterocycles. The van der Waals surface area contributed by atoms with Gasteiger partial charge < -0.3 is 15.0 Å². The monoisotopic (exact) mass is 353 g/mol. The van der Waals surface area contributed by atoms with Crippen LogP contribution < -0.4 is 15.0 Å². The van der Waals surface area contributed by atoms with Gasteiger partial charge in [0.25, 0.3) is 5.91 Å². The van der Waals surface area contributed by atoms with E-state index in [-0.39, 0.29) is 11.9 Å². The highest BCUT2D eigenvalue weighted by atomic mass is 16.5. The maximum atomic E-state index is 12.6. The van der Waals surface area contributed by atoms with Crippen molar-refractivity contribution in [3.63, 3.8) is 0 Å². The molecule has 1 aliphatic rings. The molecule has 0 saturated carbocycles. The van der Waals surface area contributed by atoms with Gasteiger partial charge in [0.05, 0.1) is 20.2 Å². The van der Waals surface area contributed by atoms with Crippen molar-refractivity contribution in [2.45, 2.75) is 32.2 Å². The number of hydrogen-bond acceptors (Lipinski definition) is 2. The molecule has 0 aromatic heterocycles. The minimum absolute atomic E-state index is 0.0326. The van der Waals surface area contributed by atoms with Crippen LogP contribution in [-0.2, 0) is 11.2 Å². The van der Waals surface area contributed by atoms with Crippen molar-refractivity contribution in [1.29, 1.82) is 0 Å². The topological polar surface area (TPSA) is 42.8 Å². The minimum atomic E-state index is -0.0326. The first kappa shape index (κ1) is 18.5.